The molecule has 1 aromatic rings. The number of nitrogens with one attached hydrogen (secondary N) is 2. The van der Waals surface area contributed by atoms with Crippen LogP contribution in [0.4, 0.5) is 5.69 Å². The molecule has 9 nitrogen and oxygen atoms in total. The number of benzene rings is 1. The number of aliphatic hydroxyl groups is 1. The molecular formula is C34H46N2O7. The Morgan fingerprint density at radius 1 is 1.16 bits per heavy atom. The molecule has 0 radical (unpaired) electrons. The van der Waals surface area contributed by atoms with Gasteiger partial charge in [-0.05, 0) is 63.8 Å². The molecule has 5 atom stereocenters. The lowest BCUT2D eigenvalue weighted by atomic mass is 9.90. The fraction of sp³-hybridized carbons (Fsp3) is 0.441. The predicted molar refractivity (Wildman–Crippen MR) is 168 cm³/mol. The molecule has 0 saturated carbocycles. The van der Waals surface area contributed by atoms with Crippen LogP contribution in [0.1, 0.15) is 59.4 Å². The Balaban J connectivity index is 2.32. The highest BCUT2D eigenvalue weighted by Crippen LogP contribution is 2.24. The van der Waals surface area contributed by atoms with E-state index in [2.05, 4.69) is 10.6 Å². The van der Waals surface area contributed by atoms with Gasteiger partial charge in [0, 0.05) is 36.8 Å². The summed E-state index contributed by atoms with van der Waals surface area (Å²) in [7, 11) is 1.53. The third-order valence-electron chi connectivity index (χ3n) is 7.32. The molecule has 234 valence electrons. The van der Waals surface area contributed by atoms with Gasteiger partial charge in [0.1, 0.15) is 17.9 Å². The highest BCUT2D eigenvalue weighted by Gasteiger charge is 2.30. The van der Waals surface area contributed by atoms with Crippen molar-refractivity contribution in [2.24, 2.45) is 5.92 Å². The molecular weight excluding hydrogens is 548 g/mol. The van der Waals surface area contributed by atoms with Gasteiger partial charge in [-0.15, -0.1) is 0 Å². The Morgan fingerprint density at radius 3 is 2.58 bits per heavy atom. The van der Waals surface area contributed by atoms with Crippen molar-refractivity contribution in [1.82, 2.24) is 5.32 Å². The minimum absolute atomic E-state index is 0.0392. The number of hydrogen-bond donors (Lipinski definition) is 4. The summed E-state index contributed by atoms with van der Waals surface area (Å²) in [6.07, 6.45) is 13.9. The summed E-state index contributed by atoms with van der Waals surface area (Å²) >= 11 is 0. The summed E-state index contributed by atoms with van der Waals surface area (Å²) in [5.41, 5.74) is 2.52. The lowest BCUT2D eigenvalue weighted by Crippen LogP contribution is -2.43. The second kappa shape index (κ2) is 17.9. The van der Waals surface area contributed by atoms with E-state index in [1.54, 1.807) is 57.2 Å². The minimum atomic E-state index is -0.890. The fourth-order valence-corrected chi connectivity index (χ4v) is 4.45. The van der Waals surface area contributed by atoms with Crippen molar-refractivity contribution in [2.75, 3.05) is 12.4 Å². The number of aromatic hydroxyl groups is 1. The number of rotatable bonds is 5. The quantitative estimate of drug-likeness (QED) is 0.213. The Kier molecular flexibility index (Phi) is 14.7. The van der Waals surface area contributed by atoms with Crippen LogP contribution in [0.25, 0.3) is 0 Å². The van der Waals surface area contributed by atoms with Crippen LogP contribution in [0.5, 0.6) is 5.75 Å². The summed E-state index contributed by atoms with van der Waals surface area (Å²) in [5.74, 6) is -1.60. The van der Waals surface area contributed by atoms with E-state index in [4.69, 9.17) is 9.47 Å². The Bertz CT molecular complexity index is 1260. The molecule has 1 aromatic carbocycles. The largest absolute Gasteiger partial charge is 0.508 e. The number of aliphatic hydroxyl groups excluding tert-OH is 1. The second-order valence-electron chi connectivity index (χ2n) is 10.8. The number of ether oxygens (including phenoxy) is 2. The summed E-state index contributed by atoms with van der Waals surface area (Å²) in [5, 5.41) is 26.9. The van der Waals surface area contributed by atoms with Crippen molar-refractivity contribution >= 4 is 23.5 Å². The molecule has 0 spiro atoms. The van der Waals surface area contributed by atoms with Crippen molar-refractivity contribution in [3.63, 3.8) is 0 Å². The van der Waals surface area contributed by atoms with Crippen molar-refractivity contribution in [3.8, 4) is 5.75 Å². The highest BCUT2D eigenvalue weighted by molar-refractivity contribution is 5.95. The SMILES string of the molecule is CC=C(C)C(=O)N[C@H](C)C(=O)O[C@@H]1CC=CC=CC=C[C@H](OC)CC(=O)Nc2cc(O)cc(c2)CCC=C(C)[C@H](O)[C@@H]1C. The van der Waals surface area contributed by atoms with Gasteiger partial charge in [0.05, 0.1) is 18.6 Å². The number of carbonyl (C=O) groups excluding carboxylic acids is 3. The van der Waals surface area contributed by atoms with Crippen LogP contribution in [0.2, 0.25) is 0 Å². The van der Waals surface area contributed by atoms with Crippen LogP contribution in [0, 0.1) is 5.92 Å². The standard InChI is InChI=1S/C34H46N2O7/c1-7-22(2)33(40)35-25(5)34(41)43-30-17-12-10-8-9-11-16-29(42-6)21-31(38)36-27-18-26(19-28(37)20-27)15-13-14-23(3)32(39)24(30)4/h7-12,14,16,18-20,24-25,29-30,32,37,39H,13,15,17,21H2,1-6H3,(H,35,40)(H,36,38)/t24-,25-,29+,30-,32+/m1/s1. The fourth-order valence-electron chi connectivity index (χ4n) is 4.45. The van der Waals surface area contributed by atoms with E-state index in [0.717, 1.165) is 11.1 Å². The second-order valence-corrected chi connectivity index (χ2v) is 10.8. The molecule has 43 heavy (non-hydrogen) atoms. The Hall–Kier alpha value is -3.95. The number of phenols is 1. The van der Waals surface area contributed by atoms with E-state index < -0.39 is 36.2 Å². The van der Waals surface area contributed by atoms with Crippen LogP contribution in [-0.2, 0) is 30.3 Å². The Labute approximate surface area is 255 Å². The normalized spacial score (nSPS) is 23.4. The summed E-state index contributed by atoms with van der Waals surface area (Å²) < 4.78 is 11.2. The van der Waals surface area contributed by atoms with Crippen molar-refractivity contribution in [1.29, 1.82) is 0 Å². The zero-order valence-electron chi connectivity index (χ0n) is 26.0. The maximum atomic E-state index is 12.9. The number of methoxy groups -OCH3 is 1. The number of phenolic OH excluding ortho intramolecular Hbond substituents is 1. The molecule has 9 heteroatoms. The van der Waals surface area contributed by atoms with Gasteiger partial charge in [0.15, 0.2) is 0 Å². The van der Waals surface area contributed by atoms with Gasteiger partial charge in [-0.1, -0.05) is 55.5 Å². The molecule has 1 aliphatic rings. The van der Waals surface area contributed by atoms with Gasteiger partial charge in [-0.3, -0.25) is 9.59 Å². The molecule has 1 aliphatic heterocycles. The number of esters is 1. The summed E-state index contributed by atoms with van der Waals surface area (Å²) in [6, 6.07) is 4.07. The zero-order valence-corrected chi connectivity index (χ0v) is 26.0. The van der Waals surface area contributed by atoms with E-state index in [1.165, 1.54) is 13.2 Å². The minimum Gasteiger partial charge on any atom is -0.508 e. The molecule has 1 heterocycles. The molecule has 0 aromatic heterocycles. The number of fused-ring (bicyclic) bond motifs is 2. The monoisotopic (exact) mass is 594 g/mol. The zero-order chi connectivity index (χ0) is 31.9. The number of aryl methyl sites for hydroxylation is 1. The average Bonchev–Trinajstić information content (AvgIpc) is 2.96. The van der Waals surface area contributed by atoms with Crippen molar-refractivity contribution in [3.05, 3.63) is 83.5 Å². The first-order valence-electron chi connectivity index (χ1n) is 14.6. The van der Waals surface area contributed by atoms with Crippen LogP contribution in [0.3, 0.4) is 0 Å². The van der Waals surface area contributed by atoms with E-state index >= 15 is 0 Å². The lowest BCUT2D eigenvalue weighted by molar-refractivity contribution is -0.156. The van der Waals surface area contributed by atoms with E-state index in [0.29, 0.717) is 30.5 Å². The number of anilines is 1. The first kappa shape index (κ1) is 35.2. The number of hydrogen-bond acceptors (Lipinski definition) is 7. The van der Waals surface area contributed by atoms with Crippen LogP contribution < -0.4 is 10.6 Å². The van der Waals surface area contributed by atoms with Crippen LogP contribution in [0.15, 0.2) is 78.0 Å². The lowest BCUT2D eigenvalue weighted by Gasteiger charge is -2.29. The maximum absolute atomic E-state index is 12.9. The van der Waals surface area contributed by atoms with E-state index in [9.17, 15) is 24.6 Å². The van der Waals surface area contributed by atoms with Gasteiger partial charge in [0.2, 0.25) is 11.8 Å². The summed E-state index contributed by atoms with van der Waals surface area (Å²) in [6.45, 7) is 8.62. The van der Waals surface area contributed by atoms with Crippen LogP contribution in [-0.4, -0.2) is 59.5 Å². The molecule has 0 unspecified atom stereocenters. The number of allylic oxidation sites excluding steroid dienone is 6. The van der Waals surface area contributed by atoms with Crippen molar-refractivity contribution in [2.45, 2.75) is 84.7 Å². The third kappa shape index (κ3) is 12.1. The molecule has 2 bridgehead atoms. The topological polar surface area (TPSA) is 134 Å². The predicted octanol–water partition coefficient (Wildman–Crippen LogP) is 5.07. The third-order valence-corrected chi connectivity index (χ3v) is 7.32. The highest BCUT2D eigenvalue weighted by atomic mass is 16.5. The smallest absolute Gasteiger partial charge is 0.328 e. The first-order chi connectivity index (χ1) is 20.4. The molecule has 4 N–H and O–H groups in total. The van der Waals surface area contributed by atoms with Gasteiger partial charge >= 0.3 is 5.97 Å². The van der Waals surface area contributed by atoms with Gasteiger partial charge in [-0.2, -0.15) is 0 Å². The molecule has 0 saturated heterocycles. The Morgan fingerprint density at radius 2 is 1.88 bits per heavy atom. The average molecular weight is 595 g/mol. The van der Waals surface area contributed by atoms with E-state index in [1.807, 2.05) is 38.1 Å². The van der Waals surface area contributed by atoms with Gasteiger partial charge < -0.3 is 30.3 Å². The maximum Gasteiger partial charge on any atom is 0.328 e. The first-order valence-corrected chi connectivity index (χ1v) is 14.6. The van der Waals surface area contributed by atoms with Gasteiger partial charge in [0.25, 0.3) is 0 Å². The molecule has 2 rings (SSSR count). The van der Waals surface area contributed by atoms with E-state index in [-0.39, 0.29) is 24.0 Å². The van der Waals surface area contributed by atoms with Crippen molar-refractivity contribution < 1.29 is 34.1 Å². The van der Waals surface area contributed by atoms with Gasteiger partial charge in [-0.25, -0.2) is 4.79 Å². The van der Waals surface area contributed by atoms with Crippen LogP contribution >= 0.6 is 0 Å². The molecule has 0 fully saturated rings. The number of carbonyl (C=O) groups is 3. The summed E-state index contributed by atoms with van der Waals surface area (Å²) in [4.78, 5) is 37.8. The molecule has 0 aliphatic carbocycles. The number of amides is 2. The molecule has 2 amide bonds.